The summed E-state index contributed by atoms with van der Waals surface area (Å²) in [6.45, 7) is 8.85. The third kappa shape index (κ3) is 5.15. The van der Waals surface area contributed by atoms with Crippen LogP contribution in [0.1, 0.15) is 34.6 Å². The van der Waals surface area contributed by atoms with Gasteiger partial charge in [0.2, 0.25) is 0 Å². The number of aryl methyl sites for hydroxylation is 2. The van der Waals surface area contributed by atoms with Crippen LogP contribution in [0.5, 0.6) is 11.5 Å². The molecular formula is C23H26N2O3S. The number of aromatic nitrogens is 1. The van der Waals surface area contributed by atoms with Gasteiger partial charge in [0.25, 0.3) is 5.91 Å². The SMILES string of the molecule is COc1ccc(-c2nc(NC(=O)c3ccc(OCC(C)C)cc3)sc2C)cc1C. The topological polar surface area (TPSA) is 60.5 Å². The molecule has 0 fully saturated rings. The van der Waals surface area contributed by atoms with Gasteiger partial charge in [-0.3, -0.25) is 10.1 Å². The molecule has 0 saturated carbocycles. The molecule has 1 N–H and O–H groups in total. The molecule has 3 rings (SSSR count). The Hall–Kier alpha value is -2.86. The smallest absolute Gasteiger partial charge is 0.257 e. The monoisotopic (exact) mass is 410 g/mol. The lowest BCUT2D eigenvalue weighted by atomic mass is 10.1. The molecule has 0 atom stereocenters. The first-order chi connectivity index (χ1) is 13.9. The van der Waals surface area contributed by atoms with E-state index in [-0.39, 0.29) is 5.91 Å². The molecular weight excluding hydrogens is 384 g/mol. The van der Waals surface area contributed by atoms with Crippen LogP contribution >= 0.6 is 11.3 Å². The molecule has 29 heavy (non-hydrogen) atoms. The normalized spacial score (nSPS) is 10.8. The van der Waals surface area contributed by atoms with Gasteiger partial charge in [0.05, 0.1) is 19.4 Å². The fraction of sp³-hybridized carbons (Fsp3) is 0.304. The highest BCUT2D eigenvalue weighted by Gasteiger charge is 2.14. The van der Waals surface area contributed by atoms with Crippen molar-refractivity contribution in [1.29, 1.82) is 0 Å². The molecule has 152 valence electrons. The van der Waals surface area contributed by atoms with Gasteiger partial charge in [0.15, 0.2) is 5.13 Å². The molecule has 0 unspecified atom stereocenters. The summed E-state index contributed by atoms with van der Waals surface area (Å²) in [5, 5.41) is 3.48. The number of benzene rings is 2. The zero-order chi connectivity index (χ0) is 21.0. The Balaban J connectivity index is 1.72. The Bertz CT molecular complexity index is 994. The summed E-state index contributed by atoms with van der Waals surface area (Å²) in [5.41, 5.74) is 3.48. The van der Waals surface area contributed by atoms with Crippen LogP contribution in [0.25, 0.3) is 11.3 Å². The number of anilines is 1. The summed E-state index contributed by atoms with van der Waals surface area (Å²) in [6, 6.07) is 13.1. The third-order valence-electron chi connectivity index (χ3n) is 4.39. The number of nitrogens with zero attached hydrogens (tertiary/aromatic N) is 1. The third-order valence-corrected chi connectivity index (χ3v) is 5.27. The van der Waals surface area contributed by atoms with Crippen molar-refractivity contribution in [3.8, 4) is 22.8 Å². The second kappa shape index (κ2) is 9.09. The zero-order valence-electron chi connectivity index (χ0n) is 17.4. The number of thiazole rings is 1. The van der Waals surface area contributed by atoms with Gasteiger partial charge in [-0.1, -0.05) is 13.8 Å². The van der Waals surface area contributed by atoms with Crippen molar-refractivity contribution < 1.29 is 14.3 Å². The van der Waals surface area contributed by atoms with Crippen LogP contribution < -0.4 is 14.8 Å². The van der Waals surface area contributed by atoms with Gasteiger partial charge in [-0.2, -0.15) is 0 Å². The number of hydrogen-bond acceptors (Lipinski definition) is 5. The standard InChI is InChI=1S/C23H26N2O3S/c1-14(2)13-28-19-9-6-17(7-10-19)22(26)25-23-24-21(16(4)29-23)18-8-11-20(27-5)15(3)12-18/h6-12,14H,13H2,1-5H3,(H,24,25,26). The van der Waals surface area contributed by atoms with E-state index in [0.29, 0.717) is 23.2 Å². The van der Waals surface area contributed by atoms with Gasteiger partial charge in [0.1, 0.15) is 11.5 Å². The Morgan fingerprint density at radius 2 is 1.86 bits per heavy atom. The van der Waals surface area contributed by atoms with Crippen molar-refractivity contribution in [2.45, 2.75) is 27.7 Å². The van der Waals surface area contributed by atoms with Crippen molar-refractivity contribution in [1.82, 2.24) is 4.98 Å². The van der Waals surface area contributed by atoms with Gasteiger partial charge < -0.3 is 9.47 Å². The van der Waals surface area contributed by atoms with Crippen LogP contribution in [0.4, 0.5) is 5.13 Å². The minimum atomic E-state index is -0.188. The van der Waals surface area contributed by atoms with Crippen molar-refractivity contribution >= 4 is 22.4 Å². The molecule has 0 aliphatic carbocycles. The maximum absolute atomic E-state index is 12.6. The molecule has 2 aromatic carbocycles. The van der Waals surface area contributed by atoms with Crippen LogP contribution in [-0.4, -0.2) is 24.6 Å². The van der Waals surface area contributed by atoms with Crippen LogP contribution in [-0.2, 0) is 0 Å². The van der Waals surface area contributed by atoms with Crippen molar-refractivity contribution in [3.63, 3.8) is 0 Å². The van der Waals surface area contributed by atoms with Crippen LogP contribution in [0.3, 0.4) is 0 Å². The maximum Gasteiger partial charge on any atom is 0.257 e. The van der Waals surface area contributed by atoms with Crippen molar-refractivity contribution in [2.24, 2.45) is 5.92 Å². The molecule has 0 radical (unpaired) electrons. The Labute approximate surface area is 175 Å². The summed E-state index contributed by atoms with van der Waals surface area (Å²) in [7, 11) is 1.66. The molecule has 1 amide bonds. The fourth-order valence-corrected chi connectivity index (χ4v) is 3.71. The lowest BCUT2D eigenvalue weighted by molar-refractivity contribution is 0.102. The van der Waals surface area contributed by atoms with Gasteiger partial charge >= 0.3 is 0 Å². The summed E-state index contributed by atoms with van der Waals surface area (Å²) < 4.78 is 11.0. The highest BCUT2D eigenvalue weighted by atomic mass is 32.1. The first-order valence-corrected chi connectivity index (χ1v) is 10.4. The van der Waals surface area contributed by atoms with E-state index in [9.17, 15) is 4.79 Å². The van der Waals surface area contributed by atoms with Gasteiger partial charge in [-0.15, -0.1) is 11.3 Å². The molecule has 0 aliphatic rings. The van der Waals surface area contributed by atoms with Gasteiger partial charge in [0, 0.05) is 16.0 Å². The van der Waals surface area contributed by atoms with E-state index in [2.05, 4.69) is 24.1 Å². The van der Waals surface area contributed by atoms with Crippen LogP contribution in [0, 0.1) is 19.8 Å². The number of nitrogens with one attached hydrogen (secondary N) is 1. The van der Waals surface area contributed by atoms with Crippen molar-refractivity contribution in [2.75, 3.05) is 19.0 Å². The quantitative estimate of drug-likeness (QED) is 0.541. The molecule has 6 heteroatoms. The highest BCUT2D eigenvalue weighted by molar-refractivity contribution is 7.16. The summed E-state index contributed by atoms with van der Waals surface area (Å²) in [4.78, 5) is 18.3. The predicted octanol–water partition coefficient (Wildman–Crippen LogP) is 5.72. The first-order valence-electron chi connectivity index (χ1n) is 9.54. The number of amides is 1. The fourth-order valence-electron chi connectivity index (χ4n) is 2.88. The number of ether oxygens (including phenoxy) is 2. The molecule has 3 aromatic rings. The number of hydrogen-bond donors (Lipinski definition) is 1. The molecule has 1 aromatic heterocycles. The van der Waals surface area contributed by atoms with E-state index in [1.165, 1.54) is 11.3 Å². The van der Waals surface area contributed by atoms with E-state index in [0.717, 1.165) is 33.2 Å². The van der Waals surface area contributed by atoms with Gasteiger partial charge in [-0.05, 0) is 67.8 Å². The molecule has 0 bridgehead atoms. The van der Waals surface area contributed by atoms with E-state index < -0.39 is 0 Å². The number of rotatable bonds is 7. The largest absolute Gasteiger partial charge is 0.496 e. The lowest BCUT2D eigenvalue weighted by Crippen LogP contribution is -2.11. The van der Waals surface area contributed by atoms with Crippen LogP contribution in [0.15, 0.2) is 42.5 Å². The Kier molecular flexibility index (Phi) is 6.54. The minimum Gasteiger partial charge on any atom is -0.496 e. The van der Waals surface area contributed by atoms with Crippen molar-refractivity contribution in [3.05, 3.63) is 58.5 Å². The molecule has 0 aliphatic heterocycles. The molecule has 0 spiro atoms. The van der Waals surface area contributed by atoms with Crippen LogP contribution in [0.2, 0.25) is 0 Å². The van der Waals surface area contributed by atoms with E-state index in [4.69, 9.17) is 9.47 Å². The highest BCUT2D eigenvalue weighted by Crippen LogP contribution is 2.33. The minimum absolute atomic E-state index is 0.188. The average molecular weight is 411 g/mol. The lowest BCUT2D eigenvalue weighted by Gasteiger charge is -2.09. The molecule has 0 saturated heterocycles. The molecule has 1 heterocycles. The number of methoxy groups -OCH3 is 1. The maximum atomic E-state index is 12.6. The summed E-state index contributed by atoms with van der Waals surface area (Å²) in [6.07, 6.45) is 0. The van der Waals surface area contributed by atoms with E-state index >= 15 is 0 Å². The Morgan fingerprint density at radius 1 is 1.14 bits per heavy atom. The van der Waals surface area contributed by atoms with E-state index in [1.807, 2.05) is 44.2 Å². The zero-order valence-corrected chi connectivity index (χ0v) is 18.2. The molecule has 5 nitrogen and oxygen atoms in total. The Morgan fingerprint density at radius 3 is 2.48 bits per heavy atom. The van der Waals surface area contributed by atoms with Gasteiger partial charge in [-0.25, -0.2) is 4.98 Å². The number of carbonyl (C=O) groups excluding carboxylic acids is 1. The second-order valence-electron chi connectivity index (χ2n) is 7.29. The summed E-state index contributed by atoms with van der Waals surface area (Å²) in [5.74, 6) is 1.87. The number of carbonyl (C=O) groups is 1. The van der Waals surface area contributed by atoms with E-state index in [1.54, 1.807) is 19.2 Å². The average Bonchev–Trinajstić information content (AvgIpc) is 3.06. The predicted molar refractivity (Wildman–Crippen MR) is 118 cm³/mol. The first kappa shape index (κ1) is 20.9. The summed E-state index contributed by atoms with van der Waals surface area (Å²) >= 11 is 1.46. The second-order valence-corrected chi connectivity index (χ2v) is 8.49.